The number of rotatable bonds is 2. The Kier molecular flexibility index (Phi) is 4.03. The maximum Gasteiger partial charge on any atom is 0.306 e. The Bertz CT molecular complexity index is 765. The lowest BCUT2D eigenvalue weighted by atomic mass is 9.40. The van der Waals surface area contributed by atoms with Gasteiger partial charge in [-0.05, 0) is 42.7 Å². The molecule has 0 radical (unpaired) electrons. The Morgan fingerprint density at radius 3 is 2.48 bits per heavy atom. The number of esters is 1. The molecule has 1 aliphatic heterocycles. The highest BCUT2D eigenvalue weighted by molar-refractivity contribution is 5.99. The van der Waals surface area contributed by atoms with Gasteiger partial charge in [0, 0.05) is 23.2 Å². The molecule has 1 heterocycles. The van der Waals surface area contributed by atoms with Gasteiger partial charge < -0.3 is 14.2 Å². The lowest BCUT2D eigenvalue weighted by molar-refractivity contribution is -0.219. The smallest absolute Gasteiger partial charge is 0.306 e. The van der Waals surface area contributed by atoms with Gasteiger partial charge in [-0.1, -0.05) is 20.8 Å². The average Bonchev–Trinajstić information content (AvgIpc) is 2.63. The van der Waals surface area contributed by atoms with Gasteiger partial charge in [-0.2, -0.15) is 0 Å². The quantitative estimate of drug-likeness (QED) is 0.691. The van der Waals surface area contributed by atoms with Crippen LogP contribution in [0.25, 0.3) is 0 Å². The van der Waals surface area contributed by atoms with Crippen molar-refractivity contribution in [2.24, 2.45) is 34.5 Å². The molecule has 1 saturated carbocycles. The van der Waals surface area contributed by atoms with E-state index in [0.29, 0.717) is 18.6 Å². The lowest BCUT2D eigenvalue weighted by Gasteiger charge is -2.65. The van der Waals surface area contributed by atoms with Crippen LogP contribution in [0.3, 0.4) is 0 Å². The van der Waals surface area contributed by atoms with Crippen molar-refractivity contribution in [2.45, 2.75) is 53.1 Å². The van der Waals surface area contributed by atoms with E-state index in [9.17, 15) is 9.59 Å². The van der Waals surface area contributed by atoms with Crippen molar-refractivity contribution in [1.82, 2.24) is 0 Å². The van der Waals surface area contributed by atoms with Crippen molar-refractivity contribution in [3.05, 3.63) is 23.2 Å². The van der Waals surface area contributed by atoms with Crippen LogP contribution < -0.4 is 0 Å². The normalized spacial score (nSPS) is 46.1. The molecule has 0 N–H and O–H groups in total. The molecule has 2 fully saturated rings. The molecule has 0 bridgehead atoms. The molecule has 1 unspecified atom stereocenters. The van der Waals surface area contributed by atoms with Crippen LogP contribution in [0, 0.1) is 34.5 Å². The molecule has 3 aliphatic carbocycles. The zero-order valence-corrected chi connectivity index (χ0v) is 17.1. The summed E-state index contributed by atoms with van der Waals surface area (Å²) in [5.41, 5.74) is 0.312. The third-order valence-electron chi connectivity index (χ3n) is 8.38. The zero-order valence-electron chi connectivity index (χ0n) is 17.1. The van der Waals surface area contributed by atoms with Gasteiger partial charge in [-0.25, -0.2) is 0 Å². The third-order valence-corrected chi connectivity index (χ3v) is 8.38. The maximum atomic E-state index is 13.6. The van der Waals surface area contributed by atoms with Crippen LogP contribution in [0.4, 0.5) is 0 Å². The van der Waals surface area contributed by atoms with E-state index in [4.69, 9.17) is 14.2 Å². The summed E-state index contributed by atoms with van der Waals surface area (Å²) in [6.45, 7) is 8.54. The number of allylic oxidation sites excluding steroid dienone is 4. The van der Waals surface area contributed by atoms with Gasteiger partial charge in [-0.3, -0.25) is 9.59 Å². The van der Waals surface area contributed by atoms with Gasteiger partial charge >= 0.3 is 5.97 Å². The van der Waals surface area contributed by atoms with Crippen LogP contribution >= 0.6 is 0 Å². The number of hydrogen-bond acceptors (Lipinski definition) is 5. The highest BCUT2D eigenvalue weighted by Crippen LogP contribution is 2.68. The fourth-order valence-electron chi connectivity index (χ4n) is 6.87. The Morgan fingerprint density at radius 2 is 1.85 bits per heavy atom. The molecule has 5 heteroatoms. The second-order valence-corrected chi connectivity index (χ2v) is 9.22. The van der Waals surface area contributed by atoms with Crippen LogP contribution in [0.5, 0.6) is 0 Å². The Morgan fingerprint density at radius 1 is 1.15 bits per heavy atom. The first-order valence-electron chi connectivity index (χ1n) is 9.93. The van der Waals surface area contributed by atoms with Crippen molar-refractivity contribution >= 4 is 11.8 Å². The van der Waals surface area contributed by atoms with E-state index in [0.717, 1.165) is 17.8 Å². The topological polar surface area (TPSA) is 61.8 Å². The molecule has 0 aromatic carbocycles. The Labute approximate surface area is 161 Å². The number of carbonyl (C=O) groups is 2. The lowest BCUT2D eigenvalue weighted by Crippen LogP contribution is -2.66. The van der Waals surface area contributed by atoms with Gasteiger partial charge in [-0.15, -0.1) is 0 Å². The molecule has 148 valence electrons. The molecule has 5 nitrogen and oxygen atoms in total. The largest absolute Gasteiger partial charge is 0.501 e. The second kappa shape index (κ2) is 5.86. The molecule has 0 aromatic rings. The Balaban J connectivity index is 1.92. The van der Waals surface area contributed by atoms with Gasteiger partial charge in [0.25, 0.3) is 0 Å². The fourth-order valence-corrected chi connectivity index (χ4v) is 6.87. The molecule has 0 spiro atoms. The van der Waals surface area contributed by atoms with Crippen LogP contribution in [0.2, 0.25) is 0 Å². The third kappa shape index (κ3) is 2.17. The van der Waals surface area contributed by atoms with Crippen molar-refractivity contribution < 1.29 is 23.8 Å². The predicted molar refractivity (Wildman–Crippen MR) is 99.4 cm³/mol. The Hall–Kier alpha value is -1.78. The van der Waals surface area contributed by atoms with Crippen molar-refractivity contribution in [2.75, 3.05) is 14.2 Å². The number of fused-ring (bicyclic) bond motifs is 2. The number of carbonyl (C=O) groups excluding carboxylic acids is 2. The SMILES string of the molecule is COC1=C[C@@H](C)[C@@H]2C[C@H]3OC(=O)C[C@H]4C(C)=C(OC)CC([C@@]34C)[C@@]2(C)C1=O. The summed E-state index contributed by atoms with van der Waals surface area (Å²) < 4.78 is 17.1. The molecule has 4 aliphatic rings. The van der Waals surface area contributed by atoms with E-state index in [1.165, 1.54) is 0 Å². The molecule has 27 heavy (non-hydrogen) atoms. The first-order valence-corrected chi connectivity index (χ1v) is 9.93. The van der Waals surface area contributed by atoms with E-state index in [1.54, 1.807) is 14.2 Å². The number of ketones is 1. The highest BCUT2D eigenvalue weighted by atomic mass is 16.5. The van der Waals surface area contributed by atoms with E-state index < -0.39 is 5.41 Å². The monoisotopic (exact) mass is 374 g/mol. The number of ether oxygens (including phenoxy) is 3. The van der Waals surface area contributed by atoms with E-state index >= 15 is 0 Å². The minimum atomic E-state index is -0.558. The summed E-state index contributed by atoms with van der Waals surface area (Å²) in [4.78, 5) is 26.0. The summed E-state index contributed by atoms with van der Waals surface area (Å²) in [6, 6.07) is 0. The molecular formula is C22H30O5. The average molecular weight is 374 g/mol. The van der Waals surface area contributed by atoms with Crippen molar-refractivity contribution in [1.29, 1.82) is 0 Å². The van der Waals surface area contributed by atoms with Gasteiger partial charge in [0.05, 0.1) is 26.4 Å². The van der Waals surface area contributed by atoms with Gasteiger partial charge in [0.15, 0.2) is 5.76 Å². The molecular weight excluding hydrogens is 344 g/mol. The molecule has 7 atom stereocenters. The fraction of sp³-hybridized carbons (Fsp3) is 0.727. The van der Waals surface area contributed by atoms with Crippen LogP contribution in [-0.2, 0) is 23.8 Å². The second-order valence-electron chi connectivity index (χ2n) is 9.22. The van der Waals surface area contributed by atoms with E-state index in [1.807, 2.05) is 6.08 Å². The van der Waals surface area contributed by atoms with Crippen LogP contribution in [-0.4, -0.2) is 32.1 Å². The molecule has 4 rings (SSSR count). The summed E-state index contributed by atoms with van der Waals surface area (Å²) >= 11 is 0. The molecule has 0 aromatic heterocycles. The molecule has 0 amide bonds. The van der Waals surface area contributed by atoms with E-state index in [-0.39, 0.29) is 46.9 Å². The first kappa shape index (κ1) is 18.6. The summed E-state index contributed by atoms with van der Waals surface area (Å²) in [6.07, 6.45) is 3.57. The number of hydrogen-bond donors (Lipinski definition) is 0. The first-order chi connectivity index (χ1) is 12.7. The predicted octanol–water partition coefficient (Wildman–Crippen LogP) is 3.64. The summed E-state index contributed by atoms with van der Waals surface area (Å²) in [7, 11) is 3.26. The number of methoxy groups -OCH3 is 2. The van der Waals surface area contributed by atoms with E-state index in [2.05, 4.69) is 27.7 Å². The van der Waals surface area contributed by atoms with Gasteiger partial charge in [0.2, 0.25) is 5.78 Å². The summed E-state index contributed by atoms with van der Waals surface area (Å²) in [5.74, 6) is 1.74. The molecule has 1 saturated heterocycles. The summed E-state index contributed by atoms with van der Waals surface area (Å²) in [5, 5.41) is 0. The standard InChI is InChI=1S/C22H30O5/c1-11-7-16(26-6)20(24)22(4)13(11)8-18-21(3)14(9-19(23)27-18)12(2)15(25-5)10-17(21)22/h7,11,13-14,17-18H,8-10H2,1-6H3/t11-,13+,14+,17?,18-,21+,22+/m1/s1. The van der Waals surface area contributed by atoms with Crippen molar-refractivity contribution in [3.63, 3.8) is 0 Å². The minimum absolute atomic E-state index is 0.0410. The highest BCUT2D eigenvalue weighted by Gasteiger charge is 2.69. The number of Topliss-reactive ketones (excluding diaryl/α,β-unsaturated/α-hetero) is 1. The van der Waals surface area contributed by atoms with Crippen LogP contribution in [0.1, 0.15) is 47.0 Å². The van der Waals surface area contributed by atoms with Crippen molar-refractivity contribution in [3.8, 4) is 0 Å². The minimum Gasteiger partial charge on any atom is -0.501 e. The maximum absolute atomic E-state index is 13.6. The zero-order chi connectivity index (χ0) is 19.7. The van der Waals surface area contributed by atoms with Gasteiger partial charge in [0.1, 0.15) is 6.10 Å². The van der Waals surface area contributed by atoms with Crippen LogP contribution in [0.15, 0.2) is 23.2 Å².